The highest BCUT2D eigenvalue weighted by atomic mass is 19.1. The zero-order valence-electron chi connectivity index (χ0n) is 18.6. The largest absolute Gasteiger partial charge is 0.381 e. The van der Waals surface area contributed by atoms with Gasteiger partial charge in [-0.05, 0) is 37.0 Å². The lowest BCUT2D eigenvalue weighted by atomic mass is 9.97. The van der Waals surface area contributed by atoms with Crippen LogP contribution >= 0.6 is 0 Å². The van der Waals surface area contributed by atoms with Crippen LogP contribution in [0.4, 0.5) is 10.2 Å². The normalized spacial score (nSPS) is 19.3. The fourth-order valence-electron chi connectivity index (χ4n) is 4.44. The molecule has 0 aliphatic carbocycles. The molecule has 1 atom stereocenters. The number of hydrogen-bond acceptors (Lipinski definition) is 5. The maximum Gasteiger partial charge on any atom is 0.228 e. The standard InChI is InChI=1S/C24H31FN4O2/c1-16(2)22-21(14-18-4-6-20(25)7-5-18)23(27-17(3)26-22)28-9-11-29(12-10-28)24(30)19-8-13-31-15-19/h4-7,16,19H,8-15H2,1-3H3. The first-order chi connectivity index (χ1) is 14.9. The molecule has 31 heavy (non-hydrogen) atoms. The van der Waals surface area contributed by atoms with Crippen molar-refractivity contribution in [1.82, 2.24) is 14.9 Å². The van der Waals surface area contributed by atoms with Gasteiger partial charge in [0.2, 0.25) is 5.91 Å². The average molecular weight is 427 g/mol. The summed E-state index contributed by atoms with van der Waals surface area (Å²) in [5, 5.41) is 0. The van der Waals surface area contributed by atoms with E-state index in [0.29, 0.717) is 32.7 Å². The Labute approximate surface area is 183 Å². The molecule has 2 saturated heterocycles. The molecule has 2 fully saturated rings. The van der Waals surface area contributed by atoms with Crippen LogP contribution in [0.15, 0.2) is 24.3 Å². The second kappa shape index (κ2) is 9.30. The lowest BCUT2D eigenvalue weighted by molar-refractivity contribution is -0.135. The van der Waals surface area contributed by atoms with Gasteiger partial charge in [-0.25, -0.2) is 14.4 Å². The van der Waals surface area contributed by atoms with Crippen LogP contribution in [-0.2, 0) is 16.0 Å². The number of amides is 1. The maximum atomic E-state index is 13.4. The van der Waals surface area contributed by atoms with Gasteiger partial charge in [0.15, 0.2) is 0 Å². The summed E-state index contributed by atoms with van der Waals surface area (Å²) in [6.45, 7) is 10.3. The van der Waals surface area contributed by atoms with Crippen LogP contribution in [0.1, 0.15) is 48.8 Å². The quantitative estimate of drug-likeness (QED) is 0.734. The van der Waals surface area contributed by atoms with Crippen LogP contribution in [0.2, 0.25) is 0 Å². The SMILES string of the molecule is Cc1nc(C(C)C)c(Cc2ccc(F)cc2)c(N2CCN(C(=O)C3CCOC3)CC2)n1. The monoisotopic (exact) mass is 426 g/mol. The van der Waals surface area contributed by atoms with Gasteiger partial charge in [0, 0.05) is 44.8 Å². The Morgan fingerprint density at radius 2 is 1.87 bits per heavy atom. The zero-order valence-corrected chi connectivity index (χ0v) is 18.6. The Hall–Kier alpha value is -2.54. The van der Waals surface area contributed by atoms with Gasteiger partial charge in [0.1, 0.15) is 17.5 Å². The van der Waals surface area contributed by atoms with E-state index >= 15 is 0 Å². The first-order valence-corrected chi connectivity index (χ1v) is 11.2. The van der Waals surface area contributed by atoms with E-state index in [4.69, 9.17) is 14.7 Å². The molecule has 1 amide bonds. The first kappa shape index (κ1) is 21.7. The lowest BCUT2D eigenvalue weighted by Crippen LogP contribution is -2.51. The molecule has 2 aliphatic rings. The number of halogens is 1. The summed E-state index contributed by atoms with van der Waals surface area (Å²) in [6, 6.07) is 6.64. The van der Waals surface area contributed by atoms with Gasteiger partial charge in [-0.1, -0.05) is 26.0 Å². The topological polar surface area (TPSA) is 58.6 Å². The molecule has 1 unspecified atom stereocenters. The van der Waals surface area contributed by atoms with Gasteiger partial charge in [-0.3, -0.25) is 4.79 Å². The molecule has 1 aromatic carbocycles. The third-order valence-corrected chi connectivity index (χ3v) is 6.14. The number of hydrogen-bond donors (Lipinski definition) is 0. The third-order valence-electron chi connectivity index (χ3n) is 6.14. The summed E-state index contributed by atoms with van der Waals surface area (Å²) in [6.07, 6.45) is 1.48. The van der Waals surface area contributed by atoms with Gasteiger partial charge >= 0.3 is 0 Å². The second-order valence-corrected chi connectivity index (χ2v) is 8.79. The van der Waals surface area contributed by atoms with Crippen molar-refractivity contribution in [3.8, 4) is 0 Å². The first-order valence-electron chi connectivity index (χ1n) is 11.2. The van der Waals surface area contributed by atoms with E-state index in [-0.39, 0.29) is 23.6 Å². The highest BCUT2D eigenvalue weighted by Crippen LogP contribution is 2.30. The van der Waals surface area contributed by atoms with Crippen molar-refractivity contribution in [3.63, 3.8) is 0 Å². The number of rotatable bonds is 5. The van der Waals surface area contributed by atoms with E-state index < -0.39 is 0 Å². The zero-order chi connectivity index (χ0) is 22.0. The highest BCUT2D eigenvalue weighted by molar-refractivity contribution is 5.79. The van der Waals surface area contributed by atoms with Crippen LogP contribution < -0.4 is 4.90 Å². The summed E-state index contributed by atoms with van der Waals surface area (Å²) in [5.41, 5.74) is 3.16. The molecular formula is C24H31FN4O2. The highest BCUT2D eigenvalue weighted by Gasteiger charge is 2.31. The number of carbonyl (C=O) groups excluding carboxylic acids is 1. The molecular weight excluding hydrogens is 395 g/mol. The second-order valence-electron chi connectivity index (χ2n) is 8.79. The predicted molar refractivity (Wildman–Crippen MR) is 118 cm³/mol. The molecule has 0 radical (unpaired) electrons. The van der Waals surface area contributed by atoms with Crippen LogP contribution in [0.5, 0.6) is 0 Å². The molecule has 0 N–H and O–H groups in total. The summed E-state index contributed by atoms with van der Waals surface area (Å²) in [7, 11) is 0. The van der Waals surface area contributed by atoms with Crippen molar-refractivity contribution in [2.75, 3.05) is 44.3 Å². The molecule has 6 nitrogen and oxygen atoms in total. The summed E-state index contributed by atoms with van der Waals surface area (Å²) in [5.74, 6) is 1.93. The minimum absolute atomic E-state index is 0.00873. The Balaban J connectivity index is 1.57. The summed E-state index contributed by atoms with van der Waals surface area (Å²) >= 11 is 0. The number of aryl methyl sites for hydroxylation is 1. The summed E-state index contributed by atoms with van der Waals surface area (Å²) in [4.78, 5) is 26.6. The van der Waals surface area contributed by atoms with Crippen LogP contribution in [0.25, 0.3) is 0 Å². The number of nitrogens with zero attached hydrogens (tertiary/aromatic N) is 4. The predicted octanol–water partition coefficient (Wildman–Crippen LogP) is 3.32. The van der Waals surface area contributed by atoms with Gasteiger partial charge in [0.05, 0.1) is 18.2 Å². The lowest BCUT2D eigenvalue weighted by Gasteiger charge is -2.37. The number of ether oxygens (including phenoxy) is 1. The fourth-order valence-corrected chi connectivity index (χ4v) is 4.44. The average Bonchev–Trinajstić information content (AvgIpc) is 3.30. The van der Waals surface area contributed by atoms with E-state index in [1.165, 1.54) is 12.1 Å². The minimum atomic E-state index is -0.235. The van der Waals surface area contributed by atoms with Gasteiger partial charge in [-0.15, -0.1) is 0 Å². The smallest absolute Gasteiger partial charge is 0.228 e. The van der Waals surface area contributed by atoms with E-state index in [9.17, 15) is 9.18 Å². The van der Waals surface area contributed by atoms with Gasteiger partial charge in [0.25, 0.3) is 0 Å². The van der Waals surface area contributed by atoms with Crippen molar-refractivity contribution in [2.24, 2.45) is 5.92 Å². The van der Waals surface area contributed by atoms with E-state index in [1.54, 1.807) is 0 Å². The molecule has 2 aromatic rings. The van der Waals surface area contributed by atoms with Crippen LogP contribution in [-0.4, -0.2) is 60.2 Å². The third kappa shape index (κ3) is 4.87. The number of anilines is 1. The molecule has 3 heterocycles. The number of aromatic nitrogens is 2. The Bertz CT molecular complexity index is 918. The Morgan fingerprint density at radius 3 is 2.48 bits per heavy atom. The molecule has 2 aliphatic heterocycles. The number of piperazine rings is 1. The summed E-state index contributed by atoms with van der Waals surface area (Å²) < 4.78 is 18.8. The molecule has 4 rings (SSSR count). The molecule has 0 bridgehead atoms. The van der Waals surface area contributed by atoms with Crippen LogP contribution in [0, 0.1) is 18.7 Å². The van der Waals surface area contributed by atoms with Crippen molar-refractivity contribution < 1.29 is 13.9 Å². The molecule has 0 spiro atoms. The maximum absolute atomic E-state index is 13.4. The van der Waals surface area contributed by atoms with E-state index in [0.717, 1.165) is 48.0 Å². The molecule has 166 valence electrons. The van der Waals surface area contributed by atoms with Crippen molar-refractivity contribution in [2.45, 2.75) is 39.5 Å². The molecule has 0 saturated carbocycles. The minimum Gasteiger partial charge on any atom is -0.381 e. The van der Waals surface area contributed by atoms with E-state index in [1.807, 2.05) is 24.0 Å². The Morgan fingerprint density at radius 1 is 1.16 bits per heavy atom. The van der Waals surface area contributed by atoms with Gasteiger partial charge < -0.3 is 14.5 Å². The van der Waals surface area contributed by atoms with E-state index in [2.05, 4.69) is 18.7 Å². The van der Waals surface area contributed by atoms with Gasteiger partial charge in [-0.2, -0.15) is 0 Å². The Kier molecular flexibility index (Phi) is 6.51. The number of carbonyl (C=O) groups is 1. The number of benzene rings is 1. The fraction of sp³-hybridized carbons (Fsp3) is 0.542. The van der Waals surface area contributed by atoms with Crippen LogP contribution in [0.3, 0.4) is 0 Å². The van der Waals surface area contributed by atoms with Crippen molar-refractivity contribution in [1.29, 1.82) is 0 Å². The van der Waals surface area contributed by atoms with Crippen molar-refractivity contribution >= 4 is 11.7 Å². The van der Waals surface area contributed by atoms with Crippen molar-refractivity contribution in [3.05, 3.63) is 52.7 Å². The molecule has 1 aromatic heterocycles. The molecule has 7 heteroatoms.